The summed E-state index contributed by atoms with van der Waals surface area (Å²) in [6.07, 6.45) is 0.784. The highest BCUT2D eigenvalue weighted by atomic mass is 16.6. The van der Waals surface area contributed by atoms with Gasteiger partial charge in [-0.2, -0.15) is 0 Å². The highest BCUT2D eigenvalue weighted by Crippen LogP contribution is 2.40. The Bertz CT molecular complexity index is 1090. The number of nitrogens with zero attached hydrogens (tertiary/aromatic N) is 4. The van der Waals surface area contributed by atoms with Gasteiger partial charge in [0.2, 0.25) is 5.88 Å². The van der Waals surface area contributed by atoms with Crippen LogP contribution in [0.5, 0.6) is 11.6 Å². The normalized spacial score (nSPS) is 11.2. The van der Waals surface area contributed by atoms with E-state index in [0.717, 1.165) is 18.0 Å². The van der Waals surface area contributed by atoms with E-state index in [1.54, 1.807) is 22.8 Å². The second-order valence-electron chi connectivity index (χ2n) is 6.02. The molecule has 0 saturated heterocycles. The van der Waals surface area contributed by atoms with Crippen molar-refractivity contribution >= 4 is 28.2 Å². The molecule has 1 heterocycles. The summed E-state index contributed by atoms with van der Waals surface area (Å²) < 4.78 is 6.90. The standard InChI is InChI=1S/C19H18N4O5/c1-3-9-22-16-8-7-14(28-2)11-15(16)17(19(22)25)20-21-18(24)12-5-4-6-13(10-12)23(26)27/h4-8,10-11,25H,3,9H2,1-2H3. The number of ether oxygens (including phenoxy) is 1. The number of fused-ring (bicyclic) bond motifs is 1. The van der Waals surface area contributed by atoms with Gasteiger partial charge in [-0.15, -0.1) is 10.2 Å². The Morgan fingerprint density at radius 1 is 1.29 bits per heavy atom. The summed E-state index contributed by atoms with van der Waals surface area (Å²) in [4.78, 5) is 22.6. The van der Waals surface area contributed by atoms with E-state index in [1.165, 1.54) is 25.3 Å². The van der Waals surface area contributed by atoms with Gasteiger partial charge in [-0.25, -0.2) is 0 Å². The number of hydrogen-bond donors (Lipinski definition) is 1. The molecule has 9 heteroatoms. The van der Waals surface area contributed by atoms with Crippen molar-refractivity contribution in [3.05, 3.63) is 58.1 Å². The predicted molar refractivity (Wildman–Crippen MR) is 102 cm³/mol. The fourth-order valence-electron chi connectivity index (χ4n) is 2.88. The van der Waals surface area contributed by atoms with Gasteiger partial charge in [0.05, 0.1) is 23.1 Å². The Balaban J connectivity index is 2.03. The zero-order valence-corrected chi connectivity index (χ0v) is 15.3. The summed E-state index contributed by atoms with van der Waals surface area (Å²) in [5.41, 5.74) is 0.693. The van der Waals surface area contributed by atoms with Crippen molar-refractivity contribution in [1.29, 1.82) is 0 Å². The van der Waals surface area contributed by atoms with Crippen LogP contribution < -0.4 is 4.74 Å². The Morgan fingerprint density at radius 3 is 2.75 bits per heavy atom. The number of hydrogen-bond acceptors (Lipinski definition) is 6. The van der Waals surface area contributed by atoms with Crippen LogP contribution >= 0.6 is 0 Å². The number of benzene rings is 2. The molecule has 0 saturated carbocycles. The molecule has 144 valence electrons. The minimum absolute atomic E-state index is 0.0346. The molecule has 0 bridgehead atoms. The number of aromatic nitrogens is 1. The molecule has 0 unspecified atom stereocenters. The van der Waals surface area contributed by atoms with Crippen LogP contribution in [0.25, 0.3) is 10.9 Å². The maximum absolute atomic E-state index is 12.3. The largest absolute Gasteiger partial charge is 0.497 e. The van der Waals surface area contributed by atoms with E-state index >= 15 is 0 Å². The smallest absolute Gasteiger partial charge is 0.295 e. The second-order valence-corrected chi connectivity index (χ2v) is 6.02. The quantitative estimate of drug-likeness (QED) is 0.380. The summed E-state index contributed by atoms with van der Waals surface area (Å²) in [6.45, 7) is 2.53. The van der Waals surface area contributed by atoms with Crippen molar-refractivity contribution in [2.24, 2.45) is 10.2 Å². The van der Waals surface area contributed by atoms with E-state index in [1.807, 2.05) is 6.92 Å². The number of carbonyl (C=O) groups is 1. The van der Waals surface area contributed by atoms with Crippen LogP contribution in [0.3, 0.4) is 0 Å². The Hall–Kier alpha value is -3.75. The molecule has 0 aliphatic carbocycles. The molecule has 1 N–H and O–H groups in total. The van der Waals surface area contributed by atoms with Gasteiger partial charge in [0.25, 0.3) is 11.6 Å². The summed E-state index contributed by atoms with van der Waals surface area (Å²) >= 11 is 0. The fourth-order valence-corrected chi connectivity index (χ4v) is 2.88. The minimum Gasteiger partial charge on any atom is -0.497 e. The summed E-state index contributed by atoms with van der Waals surface area (Å²) in [7, 11) is 1.52. The number of aryl methyl sites for hydroxylation is 1. The number of aromatic hydroxyl groups is 1. The lowest BCUT2D eigenvalue weighted by molar-refractivity contribution is -0.384. The molecular weight excluding hydrogens is 364 g/mol. The molecule has 0 radical (unpaired) electrons. The monoisotopic (exact) mass is 382 g/mol. The first-order chi connectivity index (χ1) is 13.5. The van der Waals surface area contributed by atoms with Gasteiger partial charge in [-0.05, 0) is 30.7 Å². The Morgan fingerprint density at radius 2 is 2.07 bits per heavy atom. The van der Waals surface area contributed by atoms with E-state index in [9.17, 15) is 20.0 Å². The number of non-ortho nitro benzene ring substituents is 1. The average Bonchev–Trinajstić information content (AvgIpc) is 2.97. The topological polar surface area (TPSA) is 119 Å². The molecule has 2 aromatic carbocycles. The number of amides is 1. The van der Waals surface area contributed by atoms with Crippen molar-refractivity contribution < 1.29 is 19.6 Å². The molecule has 0 aliphatic rings. The number of carbonyl (C=O) groups excluding carboxylic acids is 1. The minimum atomic E-state index is -0.748. The molecule has 0 atom stereocenters. The number of rotatable bonds is 6. The van der Waals surface area contributed by atoms with Crippen molar-refractivity contribution in [3.63, 3.8) is 0 Å². The second kappa shape index (κ2) is 7.87. The number of nitro groups is 1. The third-order valence-corrected chi connectivity index (χ3v) is 4.21. The van der Waals surface area contributed by atoms with Crippen molar-refractivity contribution in [1.82, 2.24) is 4.57 Å². The first kappa shape index (κ1) is 19.0. The van der Waals surface area contributed by atoms with Crippen LogP contribution in [-0.4, -0.2) is 27.6 Å². The van der Waals surface area contributed by atoms with Gasteiger partial charge in [0.1, 0.15) is 5.75 Å². The van der Waals surface area contributed by atoms with E-state index in [4.69, 9.17) is 4.74 Å². The molecule has 0 aliphatic heterocycles. The maximum atomic E-state index is 12.3. The zero-order chi connectivity index (χ0) is 20.3. The van der Waals surface area contributed by atoms with Crippen LogP contribution in [0.15, 0.2) is 52.7 Å². The number of azo groups is 1. The molecular formula is C19H18N4O5. The van der Waals surface area contributed by atoms with Gasteiger partial charge in [0, 0.05) is 24.1 Å². The molecule has 1 amide bonds. The van der Waals surface area contributed by atoms with Gasteiger partial charge >= 0.3 is 0 Å². The third-order valence-electron chi connectivity index (χ3n) is 4.21. The Kier molecular flexibility index (Phi) is 5.35. The first-order valence-electron chi connectivity index (χ1n) is 8.56. The lowest BCUT2D eigenvalue weighted by Gasteiger charge is -2.04. The van der Waals surface area contributed by atoms with Crippen molar-refractivity contribution in [2.75, 3.05) is 7.11 Å². The number of nitro benzene ring substituents is 1. The van der Waals surface area contributed by atoms with Crippen LogP contribution in [0.2, 0.25) is 0 Å². The SMILES string of the molecule is CCCn1c(O)c(N=NC(=O)c2cccc([N+](=O)[O-])c2)c2cc(OC)ccc21. The lowest BCUT2D eigenvalue weighted by atomic mass is 10.2. The zero-order valence-electron chi connectivity index (χ0n) is 15.3. The molecule has 9 nitrogen and oxygen atoms in total. The third kappa shape index (κ3) is 3.54. The van der Waals surface area contributed by atoms with Crippen molar-refractivity contribution in [3.8, 4) is 11.6 Å². The highest BCUT2D eigenvalue weighted by molar-refractivity contribution is 5.98. The molecule has 0 fully saturated rings. The van der Waals surface area contributed by atoms with Gasteiger partial charge < -0.3 is 14.4 Å². The van der Waals surface area contributed by atoms with Crippen LogP contribution in [0, 0.1) is 10.1 Å². The van der Waals surface area contributed by atoms with E-state index in [2.05, 4.69) is 10.2 Å². The van der Waals surface area contributed by atoms with Crippen LogP contribution in [-0.2, 0) is 6.54 Å². The number of methoxy groups -OCH3 is 1. The van der Waals surface area contributed by atoms with Crippen LogP contribution in [0.1, 0.15) is 23.7 Å². The van der Waals surface area contributed by atoms with Gasteiger partial charge in [-0.1, -0.05) is 13.0 Å². The highest BCUT2D eigenvalue weighted by Gasteiger charge is 2.18. The summed E-state index contributed by atoms with van der Waals surface area (Å²) in [5, 5.41) is 29.6. The Labute approximate surface area is 160 Å². The fraction of sp³-hybridized carbons (Fsp3) is 0.211. The maximum Gasteiger partial charge on any atom is 0.295 e. The average molecular weight is 382 g/mol. The first-order valence-corrected chi connectivity index (χ1v) is 8.56. The molecule has 3 rings (SSSR count). The molecule has 28 heavy (non-hydrogen) atoms. The van der Waals surface area contributed by atoms with Crippen LogP contribution in [0.4, 0.5) is 11.4 Å². The van der Waals surface area contributed by atoms with Crippen molar-refractivity contribution in [2.45, 2.75) is 19.9 Å². The molecule has 0 spiro atoms. The van der Waals surface area contributed by atoms with E-state index in [-0.39, 0.29) is 22.8 Å². The molecule has 1 aromatic heterocycles. The predicted octanol–water partition coefficient (Wildman–Crippen LogP) is 4.60. The van der Waals surface area contributed by atoms with Gasteiger partial charge in [0.15, 0.2) is 5.69 Å². The van der Waals surface area contributed by atoms with E-state index < -0.39 is 10.8 Å². The van der Waals surface area contributed by atoms with Gasteiger partial charge in [-0.3, -0.25) is 14.9 Å². The lowest BCUT2D eigenvalue weighted by Crippen LogP contribution is -1.96. The summed E-state index contributed by atoms with van der Waals surface area (Å²) in [5.74, 6) is -0.286. The van der Waals surface area contributed by atoms with E-state index in [0.29, 0.717) is 17.7 Å². The molecule has 3 aromatic rings. The summed E-state index contributed by atoms with van der Waals surface area (Å²) in [6, 6.07) is 10.5.